The molecule has 0 heterocycles. The third-order valence-electron chi connectivity index (χ3n) is 1.87. The fourth-order valence-corrected chi connectivity index (χ4v) is 1.75. The Morgan fingerprint density at radius 3 is 2.69 bits per heavy atom. The average molecular weight is 240 g/mol. The molecule has 1 aromatic rings. The van der Waals surface area contributed by atoms with Crippen molar-refractivity contribution in [2.75, 3.05) is 4.72 Å². The van der Waals surface area contributed by atoms with Crippen LogP contribution in [0.3, 0.4) is 0 Å². The minimum absolute atomic E-state index is 0.142. The van der Waals surface area contributed by atoms with Gasteiger partial charge in [-0.3, -0.25) is 14.1 Å². The van der Waals surface area contributed by atoms with E-state index in [0.29, 0.717) is 12.0 Å². The SMILES string of the molecule is C=CCc1c([C]=O)cccc1NS(=O)(=O)O. The molecule has 0 spiro atoms. The number of hydrogen-bond donors (Lipinski definition) is 2. The zero-order chi connectivity index (χ0) is 12.2. The van der Waals surface area contributed by atoms with Crippen LogP contribution in [0.4, 0.5) is 5.69 Å². The van der Waals surface area contributed by atoms with E-state index in [4.69, 9.17) is 4.55 Å². The molecule has 85 valence electrons. The Balaban J connectivity index is 3.26. The third kappa shape index (κ3) is 3.18. The van der Waals surface area contributed by atoms with Crippen LogP contribution in [0.15, 0.2) is 30.9 Å². The van der Waals surface area contributed by atoms with Gasteiger partial charge >= 0.3 is 10.3 Å². The number of benzene rings is 1. The van der Waals surface area contributed by atoms with Crippen molar-refractivity contribution < 1.29 is 17.8 Å². The van der Waals surface area contributed by atoms with Crippen molar-refractivity contribution in [3.05, 3.63) is 42.0 Å². The molecular weight excluding hydrogens is 230 g/mol. The first kappa shape index (κ1) is 12.4. The van der Waals surface area contributed by atoms with Crippen molar-refractivity contribution in [2.24, 2.45) is 0 Å². The zero-order valence-electron chi connectivity index (χ0n) is 8.30. The molecule has 0 fully saturated rings. The molecule has 16 heavy (non-hydrogen) atoms. The molecule has 0 bridgehead atoms. The number of carbonyl (C=O) groups excluding carboxylic acids is 1. The average Bonchev–Trinajstić information content (AvgIpc) is 2.18. The van der Waals surface area contributed by atoms with Crippen LogP contribution in [0, 0.1) is 0 Å². The first-order valence-electron chi connectivity index (χ1n) is 4.34. The summed E-state index contributed by atoms with van der Waals surface area (Å²) >= 11 is 0. The van der Waals surface area contributed by atoms with E-state index in [1.54, 1.807) is 6.29 Å². The Kier molecular flexibility index (Phi) is 3.81. The summed E-state index contributed by atoms with van der Waals surface area (Å²) in [6, 6.07) is 4.43. The van der Waals surface area contributed by atoms with E-state index in [9.17, 15) is 13.2 Å². The van der Waals surface area contributed by atoms with Crippen LogP contribution in [0.1, 0.15) is 11.1 Å². The molecule has 1 aromatic carbocycles. The standard InChI is InChI=1S/C10H10NO4S/c1-2-4-9-8(7-12)5-3-6-10(9)11-16(13,14)15/h2-3,5-6,11H,1,4H2,(H,13,14,15). The second-order valence-electron chi connectivity index (χ2n) is 3.00. The van der Waals surface area contributed by atoms with Gasteiger partial charge in [0.25, 0.3) is 0 Å². The minimum atomic E-state index is -4.36. The molecule has 6 heteroatoms. The fraction of sp³-hybridized carbons (Fsp3) is 0.100. The summed E-state index contributed by atoms with van der Waals surface area (Å²) in [5, 5.41) is 0. The van der Waals surface area contributed by atoms with Gasteiger partial charge in [0.05, 0.1) is 5.69 Å². The molecule has 0 atom stereocenters. The smallest absolute Gasteiger partial charge is 0.285 e. The predicted molar refractivity (Wildman–Crippen MR) is 60.3 cm³/mol. The fourth-order valence-electron chi connectivity index (χ4n) is 1.28. The van der Waals surface area contributed by atoms with E-state index >= 15 is 0 Å². The largest absolute Gasteiger partial charge is 0.357 e. The second-order valence-corrected chi connectivity index (χ2v) is 4.16. The molecule has 0 aliphatic rings. The van der Waals surface area contributed by atoms with E-state index < -0.39 is 10.3 Å². The number of hydrogen-bond acceptors (Lipinski definition) is 3. The minimum Gasteiger partial charge on any atom is -0.285 e. The van der Waals surface area contributed by atoms with Gasteiger partial charge in [-0.1, -0.05) is 18.2 Å². The van der Waals surface area contributed by atoms with Gasteiger partial charge in [-0.25, -0.2) is 0 Å². The summed E-state index contributed by atoms with van der Waals surface area (Å²) < 4.78 is 31.9. The second kappa shape index (κ2) is 4.91. The highest BCUT2D eigenvalue weighted by Gasteiger charge is 2.11. The van der Waals surface area contributed by atoms with Gasteiger partial charge in [-0.2, -0.15) is 8.42 Å². The van der Waals surface area contributed by atoms with Crippen LogP contribution in [-0.2, 0) is 21.5 Å². The van der Waals surface area contributed by atoms with Crippen LogP contribution in [-0.4, -0.2) is 19.3 Å². The van der Waals surface area contributed by atoms with Crippen LogP contribution in [0.25, 0.3) is 0 Å². The monoisotopic (exact) mass is 240 g/mol. The third-order valence-corrected chi connectivity index (χ3v) is 2.35. The molecule has 2 N–H and O–H groups in total. The Labute approximate surface area is 93.7 Å². The summed E-state index contributed by atoms with van der Waals surface area (Å²) in [5.74, 6) is 0. The predicted octanol–water partition coefficient (Wildman–Crippen LogP) is 1.09. The van der Waals surface area contributed by atoms with E-state index in [2.05, 4.69) is 6.58 Å². The van der Waals surface area contributed by atoms with Crippen molar-refractivity contribution in [1.29, 1.82) is 0 Å². The van der Waals surface area contributed by atoms with Gasteiger partial charge in [-0.05, 0) is 18.1 Å². The molecule has 0 aliphatic heterocycles. The molecule has 0 saturated carbocycles. The Morgan fingerprint density at radius 1 is 1.50 bits per heavy atom. The Hall–Kier alpha value is -1.66. The maximum absolute atomic E-state index is 10.7. The lowest BCUT2D eigenvalue weighted by atomic mass is 10.0. The summed E-state index contributed by atoms with van der Waals surface area (Å²) in [6.07, 6.45) is 3.51. The van der Waals surface area contributed by atoms with Crippen molar-refractivity contribution >= 4 is 22.3 Å². The highest BCUT2D eigenvalue weighted by Crippen LogP contribution is 2.20. The molecule has 0 saturated heterocycles. The summed E-state index contributed by atoms with van der Waals surface area (Å²) in [5.41, 5.74) is 0.793. The van der Waals surface area contributed by atoms with Gasteiger partial charge < -0.3 is 0 Å². The van der Waals surface area contributed by atoms with Crippen LogP contribution < -0.4 is 4.72 Å². The highest BCUT2D eigenvalue weighted by molar-refractivity contribution is 7.87. The first-order valence-corrected chi connectivity index (χ1v) is 5.78. The van der Waals surface area contributed by atoms with E-state index in [0.717, 1.165) is 0 Å². The number of nitrogens with one attached hydrogen (secondary N) is 1. The lowest BCUT2D eigenvalue weighted by Gasteiger charge is -2.09. The van der Waals surface area contributed by atoms with Gasteiger partial charge in [-0.15, -0.1) is 6.58 Å². The van der Waals surface area contributed by atoms with Gasteiger partial charge in [0.1, 0.15) is 0 Å². The van der Waals surface area contributed by atoms with E-state index in [1.165, 1.54) is 24.3 Å². The lowest BCUT2D eigenvalue weighted by Crippen LogP contribution is -2.12. The van der Waals surface area contributed by atoms with Gasteiger partial charge in [0.15, 0.2) is 0 Å². The van der Waals surface area contributed by atoms with Crippen molar-refractivity contribution in [3.8, 4) is 0 Å². The van der Waals surface area contributed by atoms with Crippen LogP contribution in [0.2, 0.25) is 0 Å². The summed E-state index contributed by atoms with van der Waals surface area (Å²) in [7, 11) is -4.36. The zero-order valence-corrected chi connectivity index (χ0v) is 9.12. The Morgan fingerprint density at radius 2 is 2.19 bits per heavy atom. The highest BCUT2D eigenvalue weighted by atomic mass is 32.2. The number of rotatable bonds is 5. The molecule has 5 nitrogen and oxygen atoms in total. The number of allylic oxidation sites excluding steroid dienone is 1. The summed E-state index contributed by atoms with van der Waals surface area (Å²) in [6.45, 7) is 3.50. The first-order chi connectivity index (χ1) is 7.48. The molecule has 1 radical (unpaired) electrons. The van der Waals surface area contributed by atoms with Crippen LogP contribution >= 0.6 is 0 Å². The molecule has 0 unspecified atom stereocenters. The van der Waals surface area contributed by atoms with Crippen molar-refractivity contribution in [2.45, 2.75) is 6.42 Å². The van der Waals surface area contributed by atoms with Crippen LogP contribution in [0.5, 0.6) is 0 Å². The van der Waals surface area contributed by atoms with Gasteiger partial charge in [0.2, 0.25) is 6.29 Å². The molecule has 0 aliphatic carbocycles. The lowest BCUT2D eigenvalue weighted by molar-refractivity contribution is 0.489. The summed E-state index contributed by atoms with van der Waals surface area (Å²) in [4.78, 5) is 10.6. The van der Waals surface area contributed by atoms with Crippen molar-refractivity contribution in [1.82, 2.24) is 0 Å². The van der Waals surface area contributed by atoms with Gasteiger partial charge in [0, 0.05) is 5.56 Å². The molecular formula is C10H10NO4S. The molecule has 0 amide bonds. The Bertz CT molecular complexity index is 508. The molecule has 1 rings (SSSR count). The molecule has 0 aromatic heterocycles. The van der Waals surface area contributed by atoms with E-state index in [1.807, 2.05) is 4.72 Å². The topological polar surface area (TPSA) is 83.5 Å². The van der Waals surface area contributed by atoms with Crippen molar-refractivity contribution in [3.63, 3.8) is 0 Å². The maximum atomic E-state index is 10.7. The quantitative estimate of drug-likeness (QED) is 0.596. The maximum Gasteiger partial charge on any atom is 0.357 e. The normalized spacial score (nSPS) is 10.8. The van der Waals surface area contributed by atoms with E-state index in [-0.39, 0.29) is 11.3 Å². The number of anilines is 1.